The Balaban J connectivity index is 2.31. The monoisotopic (exact) mass is 268 g/mol. The zero-order valence-electron chi connectivity index (χ0n) is 10.6. The summed E-state index contributed by atoms with van der Waals surface area (Å²) in [7, 11) is 1.58. The molecule has 0 aromatic carbocycles. The lowest BCUT2D eigenvalue weighted by Gasteiger charge is -2.06. The van der Waals surface area contributed by atoms with Crippen LogP contribution in [0.4, 0.5) is 0 Å². The predicted molar refractivity (Wildman–Crippen MR) is 66.2 cm³/mol. The highest BCUT2D eigenvalue weighted by molar-refractivity contribution is 5.94. The molecule has 0 spiro atoms. The second-order valence-electron chi connectivity index (χ2n) is 3.60. The molecular formula is C12H16N2O5. The van der Waals surface area contributed by atoms with Crippen LogP contribution >= 0.6 is 0 Å². The average Bonchev–Trinajstić information content (AvgIpc) is 2.42. The van der Waals surface area contributed by atoms with Crippen LogP contribution in [0, 0.1) is 0 Å². The summed E-state index contributed by atoms with van der Waals surface area (Å²) in [5.41, 5.74) is 0.210. The van der Waals surface area contributed by atoms with Crippen LogP contribution in [-0.4, -0.2) is 55.4 Å². The highest BCUT2D eigenvalue weighted by Gasteiger charge is 2.08. The Morgan fingerprint density at radius 1 is 1.32 bits per heavy atom. The summed E-state index contributed by atoms with van der Waals surface area (Å²) in [5.74, 6) is -1.45. The first kappa shape index (κ1) is 15.1. The SMILES string of the molecule is COCCOCCNC(=O)c1ccc(C(=O)O)nc1. The van der Waals surface area contributed by atoms with Gasteiger partial charge in [-0.3, -0.25) is 4.79 Å². The van der Waals surface area contributed by atoms with Crippen molar-refractivity contribution in [1.29, 1.82) is 0 Å². The zero-order chi connectivity index (χ0) is 14.1. The van der Waals surface area contributed by atoms with Crippen molar-refractivity contribution in [3.05, 3.63) is 29.6 Å². The van der Waals surface area contributed by atoms with Crippen LogP contribution in [0.5, 0.6) is 0 Å². The first-order valence-corrected chi connectivity index (χ1v) is 5.69. The third kappa shape index (κ3) is 5.45. The summed E-state index contributed by atoms with van der Waals surface area (Å²) in [6.07, 6.45) is 1.23. The molecule has 0 atom stereocenters. The second-order valence-corrected chi connectivity index (χ2v) is 3.60. The predicted octanol–water partition coefficient (Wildman–Crippen LogP) is 0.173. The van der Waals surface area contributed by atoms with Gasteiger partial charge in [0.1, 0.15) is 5.69 Å². The molecule has 7 heteroatoms. The average molecular weight is 268 g/mol. The smallest absolute Gasteiger partial charge is 0.354 e. The second kappa shape index (κ2) is 8.17. The lowest BCUT2D eigenvalue weighted by Crippen LogP contribution is -2.27. The first-order valence-electron chi connectivity index (χ1n) is 5.69. The van der Waals surface area contributed by atoms with E-state index in [-0.39, 0.29) is 11.6 Å². The van der Waals surface area contributed by atoms with E-state index < -0.39 is 5.97 Å². The number of aromatic carboxylic acids is 1. The van der Waals surface area contributed by atoms with Crippen molar-refractivity contribution in [1.82, 2.24) is 10.3 Å². The number of carboxylic acids is 1. The minimum atomic E-state index is -1.13. The van der Waals surface area contributed by atoms with Gasteiger partial charge in [-0.25, -0.2) is 9.78 Å². The van der Waals surface area contributed by atoms with E-state index in [1.165, 1.54) is 18.3 Å². The van der Waals surface area contributed by atoms with Gasteiger partial charge in [0.2, 0.25) is 0 Å². The minimum Gasteiger partial charge on any atom is -0.477 e. The summed E-state index contributed by atoms with van der Waals surface area (Å²) < 4.78 is 9.98. The molecule has 0 aliphatic rings. The van der Waals surface area contributed by atoms with Crippen LogP contribution in [0.1, 0.15) is 20.8 Å². The van der Waals surface area contributed by atoms with Crippen molar-refractivity contribution in [2.24, 2.45) is 0 Å². The van der Waals surface area contributed by atoms with E-state index in [4.69, 9.17) is 14.6 Å². The molecule has 0 saturated carbocycles. The molecule has 0 bridgehead atoms. The molecular weight excluding hydrogens is 252 g/mol. The molecule has 1 rings (SSSR count). The summed E-state index contributed by atoms with van der Waals surface area (Å²) in [5, 5.41) is 11.3. The molecule has 0 saturated heterocycles. The topological polar surface area (TPSA) is 97.8 Å². The van der Waals surface area contributed by atoms with Gasteiger partial charge in [0.25, 0.3) is 5.91 Å². The quantitative estimate of drug-likeness (QED) is 0.652. The fourth-order valence-corrected chi connectivity index (χ4v) is 1.24. The third-order valence-corrected chi connectivity index (χ3v) is 2.21. The number of aromatic nitrogens is 1. The maximum Gasteiger partial charge on any atom is 0.354 e. The Hall–Kier alpha value is -1.99. The molecule has 0 unspecified atom stereocenters. The normalized spacial score (nSPS) is 10.2. The van der Waals surface area contributed by atoms with Crippen molar-refractivity contribution in [3.8, 4) is 0 Å². The number of hydrogen-bond donors (Lipinski definition) is 2. The van der Waals surface area contributed by atoms with Crippen LogP contribution < -0.4 is 5.32 Å². The first-order chi connectivity index (χ1) is 9.15. The number of ether oxygens (including phenoxy) is 2. The largest absolute Gasteiger partial charge is 0.477 e. The van der Waals surface area contributed by atoms with Gasteiger partial charge in [-0.1, -0.05) is 0 Å². The summed E-state index contributed by atoms with van der Waals surface area (Å²) in [4.78, 5) is 25.9. The number of pyridine rings is 1. The van der Waals surface area contributed by atoms with E-state index in [0.717, 1.165) is 0 Å². The molecule has 0 aliphatic heterocycles. The summed E-state index contributed by atoms with van der Waals surface area (Å²) in [6.45, 7) is 1.73. The van der Waals surface area contributed by atoms with E-state index in [1.807, 2.05) is 0 Å². The van der Waals surface area contributed by atoms with E-state index >= 15 is 0 Å². The van der Waals surface area contributed by atoms with Crippen molar-refractivity contribution >= 4 is 11.9 Å². The summed E-state index contributed by atoms with van der Waals surface area (Å²) >= 11 is 0. The van der Waals surface area contributed by atoms with Gasteiger partial charge in [-0.2, -0.15) is 0 Å². The number of hydrogen-bond acceptors (Lipinski definition) is 5. The van der Waals surface area contributed by atoms with E-state index in [1.54, 1.807) is 7.11 Å². The van der Waals surface area contributed by atoms with Gasteiger partial charge >= 0.3 is 5.97 Å². The number of carbonyl (C=O) groups excluding carboxylic acids is 1. The van der Waals surface area contributed by atoms with Crippen molar-refractivity contribution in [2.75, 3.05) is 33.5 Å². The lowest BCUT2D eigenvalue weighted by molar-refractivity contribution is 0.0686. The van der Waals surface area contributed by atoms with Crippen molar-refractivity contribution < 1.29 is 24.2 Å². The van der Waals surface area contributed by atoms with E-state index in [9.17, 15) is 9.59 Å². The molecule has 19 heavy (non-hydrogen) atoms. The van der Waals surface area contributed by atoms with Gasteiger partial charge in [-0.15, -0.1) is 0 Å². The molecule has 1 aromatic rings. The zero-order valence-corrected chi connectivity index (χ0v) is 10.6. The van der Waals surface area contributed by atoms with Gasteiger partial charge in [-0.05, 0) is 12.1 Å². The van der Waals surface area contributed by atoms with Crippen LogP contribution in [0.15, 0.2) is 18.3 Å². The Morgan fingerprint density at radius 3 is 2.68 bits per heavy atom. The van der Waals surface area contributed by atoms with E-state index in [2.05, 4.69) is 10.3 Å². The maximum atomic E-state index is 11.6. The number of nitrogens with zero attached hydrogens (tertiary/aromatic N) is 1. The lowest BCUT2D eigenvalue weighted by atomic mass is 10.2. The number of carboxylic acid groups (broad SMARTS) is 1. The van der Waals surface area contributed by atoms with Gasteiger partial charge in [0.05, 0.1) is 25.4 Å². The fraction of sp³-hybridized carbons (Fsp3) is 0.417. The molecule has 0 aliphatic carbocycles. The highest BCUT2D eigenvalue weighted by Crippen LogP contribution is 2.00. The number of carbonyl (C=O) groups is 2. The Labute approximate surface area is 110 Å². The van der Waals surface area contributed by atoms with Crippen LogP contribution in [0.3, 0.4) is 0 Å². The maximum absolute atomic E-state index is 11.6. The Bertz CT molecular complexity index is 419. The van der Waals surface area contributed by atoms with Gasteiger partial charge in [0.15, 0.2) is 0 Å². The standard InChI is InChI=1S/C12H16N2O5/c1-18-6-7-19-5-4-13-11(15)9-2-3-10(12(16)17)14-8-9/h2-3,8H,4-7H2,1H3,(H,13,15)(H,16,17). The third-order valence-electron chi connectivity index (χ3n) is 2.21. The molecule has 0 radical (unpaired) electrons. The molecule has 7 nitrogen and oxygen atoms in total. The molecule has 104 valence electrons. The Morgan fingerprint density at radius 2 is 2.11 bits per heavy atom. The van der Waals surface area contributed by atoms with Crippen molar-refractivity contribution in [3.63, 3.8) is 0 Å². The van der Waals surface area contributed by atoms with Crippen molar-refractivity contribution in [2.45, 2.75) is 0 Å². The molecule has 0 fully saturated rings. The fourth-order valence-electron chi connectivity index (χ4n) is 1.24. The number of methoxy groups -OCH3 is 1. The minimum absolute atomic E-state index is 0.0977. The molecule has 1 heterocycles. The van der Waals surface area contributed by atoms with Crippen LogP contribution in [0.2, 0.25) is 0 Å². The van der Waals surface area contributed by atoms with Crippen LogP contribution in [0.25, 0.3) is 0 Å². The Kier molecular flexibility index (Phi) is 6.48. The summed E-state index contributed by atoms with van der Waals surface area (Å²) in [6, 6.07) is 2.70. The highest BCUT2D eigenvalue weighted by atomic mass is 16.5. The number of rotatable bonds is 8. The van der Waals surface area contributed by atoms with Gasteiger partial charge in [0, 0.05) is 19.9 Å². The number of amides is 1. The molecule has 1 amide bonds. The van der Waals surface area contributed by atoms with Crippen LogP contribution in [-0.2, 0) is 9.47 Å². The molecule has 1 aromatic heterocycles. The number of nitrogens with one attached hydrogen (secondary N) is 1. The van der Waals surface area contributed by atoms with E-state index in [0.29, 0.717) is 31.9 Å². The molecule has 2 N–H and O–H groups in total. The van der Waals surface area contributed by atoms with Gasteiger partial charge < -0.3 is 19.9 Å².